The van der Waals surface area contributed by atoms with Crippen molar-refractivity contribution in [3.8, 4) is 0 Å². The molecular formula is C15H19FN2O7. The van der Waals surface area contributed by atoms with E-state index >= 15 is 0 Å². The van der Waals surface area contributed by atoms with Crippen molar-refractivity contribution in [3.05, 3.63) is 32.9 Å². The van der Waals surface area contributed by atoms with Gasteiger partial charge < -0.3 is 14.2 Å². The molecule has 3 atom stereocenters. The lowest BCUT2D eigenvalue weighted by Gasteiger charge is -2.25. The van der Waals surface area contributed by atoms with Crippen molar-refractivity contribution in [3.63, 3.8) is 0 Å². The molecule has 1 saturated heterocycles. The molecular weight excluding hydrogens is 339 g/mol. The van der Waals surface area contributed by atoms with E-state index in [0.29, 0.717) is 6.20 Å². The smallest absolute Gasteiger partial charge is 0.336 e. The third-order valence-electron chi connectivity index (χ3n) is 3.95. The summed E-state index contributed by atoms with van der Waals surface area (Å²) >= 11 is 0. The molecule has 1 N–H and O–H groups in total. The number of aromatic amines is 1. The fourth-order valence-corrected chi connectivity index (χ4v) is 2.68. The average Bonchev–Trinajstić information content (AvgIpc) is 2.90. The highest BCUT2D eigenvalue weighted by Gasteiger charge is 2.56. The Kier molecular flexibility index (Phi) is 5.41. The molecule has 0 saturated carbocycles. The Balaban J connectivity index is 2.43. The normalized spacial score (nSPS) is 25.6. The molecule has 1 aromatic heterocycles. The van der Waals surface area contributed by atoms with Crippen LogP contribution in [0.3, 0.4) is 0 Å². The minimum absolute atomic E-state index is 0.0650. The summed E-state index contributed by atoms with van der Waals surface area (Å²) in [4.78, 5) is 49.4. The molecule has 9 nitrogen and oxygen atoms in total. The lowest BCUT2D eigenvalue weighted by Crippen LogP contribution is -2.43. The maximum absolute atomic E-state index is 13.5. The number of hydrogen-bond acceptors (Lipinski definition) is 7. The van der Waals surface area contributed by atoms with Crippen LogP contribution < -0.4 is 11.2 Å². The van der Waals surface area contributed by atoms with Crippen LogP contribution in [0.15, 0.2) is 15.8 Å². The highest BCUT2D eigenvalue weighted by molar-refractivity contribution is 5.87. The Morgan fingerprint density at radius 3 is 2.60 bits per heavy atom. The van der Waals surface area contributed by atoms with Gasteiger partial charge in [-0.05, 0) is 20.8 Å². The van der Waals surface area contributed by atoms with Crippen LogP contribution in [0, 0.1) is 11.2 Å². The quantitative estimate of drug-likeness (QED) is 0.742. The van der Waals surface area contributed by atoms with Crippen LogP contribution in [-0.2, 0) is 23.8 Å². The van der Waals surface area contributed by atoms with Crippen molar-refractivity contribution in [2.24, 2.45) is 5.41 Å². The number of rotatable bonds is 5. The maximum atomic E-state index is 13.5. The lowest BCUT2D eigenvalue weighted by molar-refractivity contribution is -0.172. The van der Waals surface area contributed by atoms with E-state index in [-0.39, 0.29) is 19.6 Å². The van der Waals surface area contributed by atoms with Crippen LogP contribution in [0.5, 0.6) is 0 Å². The number of halogens is 1. The van der Waals surface area contributed by atoms with Crippen LogP contribution in [-0.4, -0.2) is 40.8 Å². The molecule has 1 aliphatic heterocycles. The molecule has 1 unspecified atom stereocenters. The number of esters is 2. The van der Waals surface area contributed by atoms with Crippen LogP contribution >= 0.6 is 0 Å². The van der Waals surface area contributed by atoms with Crippen molar-refractivity contribution < 1.29 is 28.2 Å². The predicted molar refractivity (Wildman–Crippen MR) is 81.2 cm³/mol. The van der Waals surface area contributed by atoms with Crippen LogP contribution in [0.1, 0.15) is 33.4 Å². The van der Waals surface area contributed by atoms with Gasteiger partial charge in [-0.25, -0.2) is 9.59 Å². The Morgan fingerprint density at radius 1 is 1.36 bits per heavy atom. The molecule has 10 heteroatoms. The van der Waals surface area contributed by atoms with Crippen molar-refractivity contribution in [2.45, 2.75) is 39.5 Å². The molecule has 0 radical (unpaired) electrons. The SMILES string of the molecule is CCOC(=O)[C@@H]1O[C@H](n2cc(F)c(=O)[nH]c2=O)CC1(C)C(=O)OCC. The summed E-state index contributed by atoms with van der Waals surface area (Å²) in [5, 5.41) is 0. The molecule has 1 fully saturated rings. The molecule has 0 aliphatic carbocycles. The second-order valence-corrected chi connectivity index (χ2v) is 5.71. The van der Waals surface area contributed by atoms with E-state index < -0.39 is 46.8 Å². The molecule has 0 amide bonds. The van der Waals surface area contributed by atoms with Gasteiger partial charge in [-0.3, -0.25) is 19.1 Å². The Bertz CT molecular complexity index is 787. The minimum Gasteiger partial charge on any atom is -0.465 e. The highest BCUT2D eigenvalue weighted by atomic mass is 19.1. The average molecular weight is 358 g/mol. The number of carbonyl (C=O) groups is 2. The number of hydrogen-bond donors (Lipinski definition) is 1. The van der Waals surface area contributed by atoms with Crippen molar-refractivity contribution in [1.82, 2.24) is 9.55 Å². The first-order valence-corrected chi connectivity index (χ1v) is 7.74. The van der Waals surface area contributed by atoms with E-state index in [1.165, 1.54) is 6.92 Å². The summed E-state index contributed by atoms with van der Waals surface area (Å²) in [5.74, 6) is -2.69. The van der Waals surface area contributed by atoms with E-state index in [1.54, 1.807) is 18.8 Å². The molecule has 0 spiro atoms. The van der Waals surface area contributed by atoms with Gasteiger partial charge in [-0.15, -0.1) is 0 Å². The lowest BCUT2D eigenvalue weighted by atomic mass is 9.82. The standard InChI is InChI=1S/C15H19FN2O7/c1-4-23-12(20)10-15(3,13(21)24-5-2)6-9(25-10)18-7-8(16)11(19)17-14(18)22/h7,9-10H,4-6H2,1-3H3,(H,17,19,22)/t9-,10-,15?/m0/s1. The van der Waals surface area contributed by atoms with E-state index in [1.807, 2.05) is 0 Å². The summed E-state index contributed by atoms with van der Waals surface area (Å²) in [5.41, 5.74) is -3.53. The van der Waals surface area contributed by atoms with E-state index in [9.17, 15) is 23.6 Å². The van der Waals surface area contributed by atoms with Crippen LogP contribution in [0.4, 0.5) is 4.39 Å². The third kappa shape index (κ3) is 3.48. The Morgan fingerprint density at radius 2 is 2.00 bits per heavy atom. The second kappa shape index (κ2) is 7.18. The van der Waals surface area contributed by atoms with Gasteiger partial charge in [0, 0.05) is 6.42 Å². The monoisotopic (exact) mass is 358 g/mol. The van der Waals surface area contributed by atoms with Gasteiger partial charge >= 0.3 is 17.6 Å². The van der Waals surface area contributed by atoms with E-state index in [4.69, 9.17) is 14.2 Å². The first-order valence-electron chi connectivity index (χ1n) is 7.74. The molecule has 0 bridgehead atoms. The van der Waals surface area contributed by atoms with Gasteiger partial charge in [-0.2, -0.15) is 4.39 Å². The van der Waals surface area contributed by atoms with Crippen molar-refractivity contribution >= 4 is 11.9 Å². The zero-order valence-corrected chi connectivity index (χ0v) is 14.0. The number of carbonyl (C=O) groups excluding carboxylic acids is 2. The third-order valence-corrected chi connectivity index (χ3v) is 3.95. The topological polar surface area (TPSA) is 117 Å². The number of nitrogens with one attached hydrogen (secondary N) is 1. The highest BCUT2D eigenvalue weighted by Crippen LogP contribution is 2.44. The summed E-state index contributed by atoms with van der Waals surface area (Å²) in [6, 6.07) is 0. The van der Waals surface area contributed by atoms with Gasteiger partial charge in [-0.1, -0.05) is 0 Å². The largest absolute Gasteiger partial charge is 0.465 e. The van der Waals surface area contributed by atoms with Crippen LogP contribution in [0.25, 0.3) is 0 Å². The van der Waals surface area contributed by atoms with Gasteiger partial charge in [0.25, 0.3) is 5.56 Å². The first kappa shape index (κ1) is 18.8. The molecule has 2 heterocycles. The first-order chi connectivity index (χ1) is 11.7. The minimum atomic E-state index is -1.43. The zero-order chi connectivity index (χ0) is 18.8. The number of H-pyrrole nitrogens is 1. The van der Waals surface area contributed by atoms with Gasteiger partial charge in [0.05, 0.1) is 19.4 Å². The summed E-state index contributed by atoms with van der Waals surface area (Å²) in [7, 11) is 0. The molecule has 0 aromatic carbocycles. The summed E-state index contributed by atoms with van der Waals surface area (Å²) in [6.07, 6.45) is -1.95. The van der Waals surface area contributed by atoms with Crippen LogP contribution in [0.2, 0.25) is 0 Å². The van der Waals surface area contributed by atoms with Crippen molar-refractivity contribution in [1.29, 1.82) is 0 Å². The van der Waals surface area contributed by atoms with Gasteiger partial charge in [0.15, 0.2) is 6.10 Å². The maximum Gasteiger partial charge on any atom is 0.336 e. The van der Waals surface area contributed by atoms with Gasteiger partial charge in [0.2, 0.25) is 5.82 Å². The summed E-state index contributed by atoms with van der Waals surface area (Å²) < 4.78 is 29.7. The van der Waals surface area contributed by atoms with E-state index in [2.05, 4.69) is 0 Å². The van der Waals surface area contributed by atoms with Crippen molar-refractivity contribution in [2.75, 3.05) is 13.2 Å². The number of aromatic nitrogens is 2. The Labute approximate surface area is 141 Å². The van der Waals surface area contributed by atoms with E-state index in [0.717, 1.165) is 4.57 Å². The fourth-order valence-electron chi connectivity index (χ4n) is 2.68. The number of ether oxygens (including phenoxy) is 3. The molecule has 1 aliphatic rings. The zero-order valence-electron chi connectivity index (χ0n) is 14.0. The Hall–Kier alpha value is -2.49. The summed E-state index contributed by atoms with van der Waals surface area (Å²) in [6.45, 7) is 4.79. The van der Waals surface area contributed by atoms with Gasteiger partial charge in [0.1, 0.15) is 11.6 Å². The second-order valence-electron chi connectivity index (χ2n) is 5.71. The fraction of sp³-hybridized carbons (Fsp3) is 0.600. The number of nitrogens with zero attached hydrogens (tertiary/aromatic N) is 1. The predicted octanol–water partition coefficient (Wildman–Crippen LogP) is 0.0957. The molecule has 25 heavy (non-hydrogen) atoms. The molecule has 138 valence electrons. The molecule has 2 rings (SSSR count). The molecule has 1 aromatic rings.